The molecule has 5 nitrogen and oxygen atoms in total. The zero-order valence-electron chi connectivity index (χ0n) is 12.7. The van der Waals surface area contributed by atoms with E-state index in [2.05, 4.69) is 11.8 Å². The molecule has 1 amide bonds. The molecule has 1 aliphatic heterocycles. The number of carbonyl (C=O) groups is 1. The predicted molar refractivity (Wildman–Crippen MR) is 76.7 cm³/mol. The molecule has 2 unspecified atom stereocenters. The molecule has 0 bridgehead atoms. The first-order chi connectivity index (χ1) is 8.86. The molecule has 1 fully saturated rings. The van der Waals surface area contributed by atoms with Gasteiger partial charge in [-0.25, -0.2) is 0 Å². The second-order valence-corrected chi connectivity index (χ2v) is 5.96. The van der Waals surface area contributed by atoms with Gasteiger partial charge in [0.25, 0.3) is 0 Å². The van der Waals surface area contributed by atoms with E-state index in [1.54, 1.807) is 6.92 Å². The van der Waals surface area contributed by atoms with Gasteiger partial charge in [0.2, 0.25) is 5.91 Å². The molecule has 0 aliphatic carbocycles. The third-order valence-electron chi connectivity index (χ3n) is 3.89. The Balaban J connectivity index is 2.61. The fourth-order valence-electron chi connectivity index (χ4n) is 2.56. The summed E-state index contributed by atoms with van der Waals surface area (Å²) in [6, 6.07) is -0.0764. The normalized spacial score (nSPS) is 24.6. The third kappa shape index (κ3) is 4.44. The summed E-state index contributed by atoms with van der Waals surface area (Å²) < 4.78 is 0. The second-order valence-electron chi connectivity index (χ2n) is 5.96. The van der Waals surface area contributed by atoms with E-state index in [4.69, 9.17) is 5.73 Å². The summed E-state index contributed by atoms with van der Waals surface area (Å²) in [6.45, 7) is 10.8. The number of hydrogen-bond donors (Lipinski definition) is 2. The van der Waals surface area contributed by atoms with E-state index in [1.807, 2.05) is 18.7 Å². The molecule has 0 aromatic rings. The molecule has 0 aromatic heterocycles. The van der Waals surface area contributed by atoms with Gasteiger partial charge in [-0.3, -0.25) is 9.69 Å². The lowest BCUT2D eigenvalue weighted by Crippen LogP contribution is -2.59. The number of piperazine rings is 1. The molecule has 19 heavy (non-hydrogen) atoms. The number of β-amino-alcohol motifs (C(OH)–C–C–N with tert-alkyl or cyclic N) is 1. The Morgan fingerprint density at radius 3 is 2.47 bits per heavy atom. The molecular weight excluding hydrogens is 242 g/mol. The van der Waals surface area contributed by atoms with Crippen LogP contribution in [0.3, 0.4) is 0 Å². The van der Waals surface area contributed by atoms with Crippen LogP contribution in [-0.2, 0) is 4.79 Å². The summed E-state index contributed by atoms with van der Waals surface area (Å²) in [5.74, 6) is 0.230. The number of carbonyl (C=O) groups excluding carboxylic acids is 1. The first kappa shape index (κ1) is 16.4. The third-order valence-corrected chi connectivity index (χ3v) is 3.89. The number of aliphatic hydroxyl groups excluding tert-OH is 1. The van der Waals surface area contributed by atoms with Gasteiger partial charge in [-0.1, -0.05) is 20.8 Å². The molecular formula is C14H29N3O2. The number of rotatable bonds is 5. The van der Waals surface area contributed by atoms with Gasteiger partial charge in [-0.15, -0.1) is 0 Å². The average molecular weight is 271 g/mol. The van der Waals surface area contributed by atoms with Gasteiger partial charge in [0.05, 0.1) is 12.1 Å². The van der Waals surface area contributed by atoms with Crippen molar-refractivity contribution >= 4 is 5.91 Å². The molecule has 0 saturated carbocycles. The Hall–Kier alpha value is -0.650. The van der Waals surface area contributed by atoms with Crippen LogP contribution in [0.25, 0.3) is 0 Å². The van der Waals surface area contributed by atoms with Crippen LogP contribution >= 0.6 is 0 Å². The van der Waals surface area contributed by atoms with E-state index in [1.165, 1.54) is 0 Å². The van der Waals surface area contributed by atoms with Crippen LogP contribution in [-0.4, -0.2) is 65.2 Å². The van der Waals surface area contributed by atoms with E-state index < -0.39 is 6.04 Å². The van der Waals surface area contributed by atoms with Crippen LogP contribution in [0.15, 0.2) is 0 Å². The van der Waals surface area contributed by atoms with E-state index in [9.17, 15) is 9.90 Å². The lowest BCUT2D eigenvalue weighted by Gasteiger charge is -2.42. The molecule has 5 heteroatoms. The van der Waals surface area contributed by atoms with Crippen LogP contribution < -0.4 is 5.73 Å². The number of nitrogens with zero attached hydrogens (tertiary/aromatic N) is 2. The van der Waals surface area contributed by atoms with Gasteiger partial charge in [0.15, 0.2) is 0 Å². The fraction of sp³-hybridized carbons (Fsp3) is 0.929. The highest BCUT2D eigenvalue weighted by atomic mass is 16.3. The Morgan fingerprint density at radius 2 is 2.00 bits per heavy atom. The molecule has 1 rings (SSSR count). The van der Waals surface area contributed by atoms with Crippen LogP contribution in [0.4, 0.5) is 0 Å². The Labute approximate surface area is 116 Å². The zero-order valence-corrected chi connectivity index (χ0v) is 12.7. The van der Waals surface area contributed by atoms with Gasteiger partial charge in [0, 0.05) is 32.2 Å². The quantitative estimate of drug-likeness (QED) is 0.753. The van der Waals surface area contributed by atoms with Crippen molar-refractivity contribution in [1.82, 2.24) is 9.80 Å². The molecule has 0 spiro atoms. The molecule has 1 saturated heterocycles. The Morgan fingerprint density at radius 1 is 1.37 bits per heavy atom. The van der Waals surface area contributed by atoms with Crippen molar-refractivity contribution < 1.29 is 9.90 Å². The number of nitrogens with two attached hydrogens (primary N) is 1. The number of amides is 1. The van der Waals surface area contributed by atoms with Gasteiger partial charge < -0.3 is 15.7 Å². The molecule has 3 atom stereocenters. The van der Waals surface area contributed by atoms with E-state index in [0.29, 0.717) is 19.1 Å². The lowest BCUT2D eigenvalue weighted by molar-refractivity contribution is -0.136. The average Bonchev–Trinajstić information content (AvgIpc) is 2.36. The first-order valence-corrected chi connectivity index (χ1v) is 7.33. The SMILES string of the molecule is CCC1CN(C(=O)[C@@H](N)C(C)C)CCN1CC(C)O. The minimum Gasteiger partial charge on any atom is -0.392 e. The molecule has 112 valence electrons. The van der Waals surface area contributed by atoms with Gasteiger partial charge >= 0.3 is 0 Å². The van der Waals surface area contributed by atoms with Crippen molar-refractivity contribution in [2.24, 2.45) is 11.7 Å². The van der Waals surface area contributed by atoms with Crippen LogP contribution in [0.2, 0.25) is 0 Å². The standard InChI is InChI=1S/C14H29N3O2/c1-5-12-9-17(14(19)13(15)10(2)3)7-6-16(12)8-11(4)18/h10-13,18H,5-9,15H2,1-4H3/t11?,12?,13-/m0/s1. The summed E-state index contributed by atoms with van der Waals surface area (Å²) in [4.78, 5) is 16.4. The molecule has 3 N–H and O–H groups in total. The smallest absolute Gasteiger partial charge is 0.239 e. The van der Waals surface area contributed by atoms with Crippen molar-refractivity contribution in [3.8, 4) is 0 Å². The van der Waals surface area contributed by atoms with Gasteiger partial charge in [-0.05, 0) is 19.3 Å². The van der Waals surface area contributed by atoms with Crippen LogP contribution in [0.1, 0.15) is 34.1 Å². The van der Waals surface area contributed by atoms with Crippen LogP contribution in [0, 0.1) is 5.92 Å². The summed E-state index contributed by atoms with van der Waals surface area (Å²) >= 11 is 0. The van der Waals surface area contributed by atoms with Crippen molar-refractivity contribution in [3.05, 3.63) is 0 Å². The highest BCUT2D eigenvalue weighted by Gasteiger charge is 2.31. The lowest BCUT2D eigenvalue weighted by atomic mass is 10.0. The molecule has 1 aliphatic rings. The molecule has 0 radical (unpaired) electrons. The maximum Gasteiger partial charge on any atom is 0.239 e. The second kappa shape index (κ2) is 7.22. The highest BCUT2D eigenvalue weighted by molar-refractivity contribution is 5.82. The minimum atomic E-state index is -0.402. The topological polar surface area (TPSA) is 69.8 Å². The van der Waals surface area contributed by atoms with Crippen molar-refractivity contribution in [2.45, 2.75) is 52.3 Å². The summed E-state index contributed by atoms with van der Waals surface area (Å²) in [7, 11) is 0. The van der Waals surface area contributed by atoms with Crippen LogP contribution in [0.5, 0.6) is 0 Å². The highest BCUT2D eigenvalue weighted by Crippen LogP contribution is 2.15. The monoisotopic (exact) mass is 271 g/mol. The Kier molecular flexibility index (Phi) is 6.23. The first-order valence-electron chi connectivity index (χ1n) is 7.33. The number of aliphatic hydroxyl groups is 1. The van der Waals surface area contributed by atoms with Gasteiger partial charge in [0.1, 0.15) is 0 Å². The molecule has 0 aromatic carbocycles. The van der Waals surface area contributed by atoms with Crippen molar-refractivity contribution in [1.29, 1.82) is 0 Å². The minimum absolute atomic E-state index is 0.0603. The maximum atomic E-state index is 12.3. The van der Waals surface area contributed by atoms with E-state index in [-0.39, 0.29) is 17.9 Å². The maximum absolute atomic E-state index is 12.3. The van der Waals surface area contributed by atoms with Gasteiger partial charge in [-0.2, -0.15) is 0 Å². The zero-order chi connectivity index (χ0) is 14.6. The number of hydrogen-bond acceptors (Lipinski definition) is 4. The fourth-order valence-corrected chi connectivity index (χ4v) is 2.56. The Bertz CT molecular complexity index is 294. The van der Waals surface area contributed by atoms with E-state index >= 15 is 0 Å². The summed E-state index contributed by atoms with van der Waals surface area (Å²) in [6.07, 6.45) is 0.655. The predicted octanol–water partition coefficient (Wildman–Crippen LogP) is 0.273. The summed E-state index contributed by atoms with van der Waals surface area (Å²) in [5, 5.41) is 9.51. The van der Waals surface area contributed by atoms with Crippen molar-refractivity contribution in [2.75, 3.05) is 26.2 Å². The summed E-state index contributed by atoms with van der Waals surface area (Å²) in [5.41, 5.74) is 5.95. The molecule has 1 heterocycles. The largest absolute Gasteiger partial charge is 0.392 e. The van der Waals surface area contributed by atoms with E-state index in [0.717, 1.165) is 19.5 Å². The van der Waals surface area contributed by atoms with Crippen molar-refractivity contribution in [3.63, 3.8) is 0 Å².